The largest absolute Gasteiger partial charge is 0.494 e. The third-order valence-electron chi connectivity index (χ3n) is 6.75. The van der Waals surface area contributed by atoms with Crippen molar-refractivity contribution in [2.75, 3.05) is 17.7 Å². The minimum atomic E-state index is -0.638. The molecular weight excluding hydrogens is 502 g/mol. The van der Waals surface area contributed by atoms with E-state index >= 15 is 4.39 Å². The Bertz CT molecular complexity index is 1710. The zero-order chi connectivity index (χ0) is 27.8. The topological polar surface area (TPSA) is 86.0 Å². The second kappa shape index (κ2) is 10.2. The molecule has 0 aliphatic heterocycles. The van der Waals surface area contributed by atoms with Crippen LogP contribution >= 0.6 is 0 Å². The van der Waals surface area contributed by atoms with Crippen molar-refractivity contribution in [2.45, 2.75) is 26.7 Å². The summed E-state index contributed by atoms with van der Waals surface area (Å²) in [7, 11) is 3.21. The lowest BCUT2D eigenvalue weighted by molar-refractivity contribution is 0.262. The third kappa shape index (κ3) is 4.81. The number of urea groups is 1. The number of nitrogens with zero attached hydrogens (tertiary/aromatic N) is 4. The first-order chi connectivity index (χ1) is 18.7. The van der Waals surface area contributed by atoms with E-state index in [0.29, 0.717) is 17.1 Å². The summed E-state index contributed by atoms with van der Waals surface area (Å²) >= 11 is 0. The number of amides is 2. The average molecular weight is 531 g/mol. The molecule has 0 spiro atoms. The van der Waals surface area contributed by atoms with Gasteiger partial charge in [0.15, 0.2) is 11.6 Å². The normalized spacial score (nSPS) is 11.3. The van der Waals surface area contributed by atoms with E-state index in [0.717, 1.165) is 27.7 Å². The van der Waals surface area contributed by atoms with Gasteiger partial charge in [-0.25, -0.2) is 13.6 Å². The number of nitrogens with one attached hydrogen (secondary N) is 2. The summed E-state index contributed by atoms with van der Waals surface area (Å²) in [4.78, 5) is 17.2. The van der Waals surface area contributed by atoms with Crippen molar-refractivity contribution in [1.82, 2.24) is 19.3 Å². The number of halogens is 2. The summed E-state index contributed by atoms with van der Waals surface area (Å²) in [6, 6.07) is 10.3. The van der Waals surface area contributed by atoms with Crippen molar-refractivity contribution in [3.8, 4) is 22.6 Å². The molecule has 5 rings (SSSR count). The number of hydrogen-bond acceptors (Lipinski definition) is 4. The van der Waals surface area contributed by atoms with Gasteiger partial charge in [-0.1, -0.05) is 19.9 Å². The second-order valence-corrected chi connectivity index (χ2v) is 9.54. The van der Waals surface area contributed by atoms with Crippen LogP contribution in [0.5, 0.6) is 5.75 Å². The Kier molecular flexibility index (Phi) is 6.78. The quantitative estimate of drug-likeness (QED) is 0.253. The molecule has 0 fully saturated rings. The molecule has 200 valence electrons. The molecule has 2 N–H and O–H groups in total. The van der Waals surface area contributed by atoms with Gasteiger partial charge < -0.3 is 14.6 Å². The second-order valence-electron chi connectivity index (χ2n) is 9.54. The number of fused-ring (bicyclic) bond motifs is 1. The predicted molar refractivity (Wildman–Crippen MR) is 148 cm³/mol. The fourth-order valence-electron chi connectivity index (χ4n) is 4.77. The molecule has 0 atom stereocenters. The van der Waals surface area contributed by atoms with Gasteiger partial charge in [0.25, 0.3) is 0 Å². The zero-order valence-corrected chi connectivity index (χ0v) is 22.2. The fourth-order valence-corrected chi connectivity index (χ4v) is 4.77. The number of benzene rings is 2. The number of ether oxygens (including phenoxy) is 1. The lowest BCUT2D eigenvalue weighted by atomic mass is 10.0. The van der Waals surface area contributed by atoms with Crippen LogP contribution in [-0.2, 0) is 7.05 Å². The fraction of sp³-hybridized carbons (Fsp3) is 0.207. The van der Waals surface area contributed by atoms with Crippen LogP contribution in [0.15, 0.2) is 61.1 Å². The van der Waals surface area contributed by atoms with Crippen molar-refractivity contribution in [2.24, 2.45) is 7.05 Å². The molecule has 10 heteroatoms. The highest BCUT2D eigenvalue weighted by atomic mass is 19.1. The van der Waals surface area contributed by atoms with E-state index in [1.54, 1.807) is 40.0 Å². The summed E-state index contributed by atoms with van der Waals surface area (Å²) in [6.45, 7) is 5.96. The minimum Gasteiger partial charge on any atom is -0.494 e. The number of hydrogen-bond donors (Lipinski definition) is 2. The van der Waals surface area contributed by atoms with Crippen molar-refractivity contribution < 1.29 is 18.3 Å². The van der Waals surface area contributed by atoms with E-state index in [-0.39, 0.29) is 17.4 Å². The first-order valence-corrected chi connectivity index (χ1v) is 12.4. The van der Waals surface area contributed by atoms with E-state index in [1.807, 2.05) is 33.9 Å². The molecule has 0 unspecified atom stereocenters. The molecule has 0 saturated heterocycles. The summed E-state index contributed by atoms with van der Waals surface area (Å²) in [6.07, 6.45) is 5.06. The lowest BCUT2D eigenvalue weighted by Crippen LogP contribution is -2.22. The first kappa shape index (κ1) is 25.9. The Morgan fingerprint density at radius 2 is 1.79 bits per heavy atom. The zero-order valence-electron chi connectivity index (χ0n) is 22.2. The van der Waals surface area contributed by atoms with Gasteiger partial charge in [-0.15, -0.1) is 0 Å². The Hall–Kier alpha value is -4.73. The number of carbonyl (C=O) groups excluding carboxylic acids is 1. The maximum absolute atomic E-state index is 15.1. The molecule has 0 aliphatic carbocycles. The van der Waals surface area contributed by atoms with Crippen LogP contribution in [0, 0.1) is 18.6 Å². The van der Waals surface area contributed by atoms with Crippen LogP contribution in [0.3, 0.4) is 0 Å². The minimum absolute atomic E-state index is 0.0111. The van der Waals surface area contributed by atoms with E-state index < -0.39 is 17.7 Å². The molecule has 39 heavy (non-hydrogen) atoms. The average Bonchev–Trinajstić information content (AvgIpc) is 3.44. The number of pyridine rings is 1. The predicted octanol–water partition coefficient (Wildman–Crippen LogP) is 6.79. The van der Waals surface area contributed by atoms with Crippen LogP contribution in [0.2, 0.25) is 0 Å². The highest BCUT2D eigenvalue weighted by molar-refractivity contribution is 6.00. The van der Waals surface area contributed by atoms with Crippen molar-refractivity contribution in [1.29, 1.82) is 0 Å². The van der Waals surface area contributed by atoms with Gasteiger partial charge in [-0.2, -0.15) is 5.10 Å². The number of methoxy groups -OCH3 is 1. The molecular formula is C29H28F2N6O2. The molecule has 0 bridgehead atoms. The monoisotopic (exact) mass is 530 g/mol. The van der Waals surface area contributed by atoms with Gasteiger partial charge in [-0.3, -0.25) is 15.0 Å². The standard InChI is InChI=1S/C29H28F2N6O2/c1-16(2)20-12-28(37(17(20)3)19-7-9-27(39-5)24(31)11-19)35-29(38)34-25-8-6-18(10-23(25)30)21-13-32-15-26-22(21)14-33-36(26)4/h6-16H,1-5H3,(H2,34,35,38). The number of aryl methyl sites for hydroxylation is 1. The molecule has 8 nitrogen and oxygen atoms in total. The number of anilines is 2. The van der Waals surface area contributed by atoms with Crippen molar-refractivity contribution >= 4 is 28.4 Å². The molecule has 3 heterocycles. The van der Waals surface area contributed by atoms with Gasteiger partial charge in [0, 0.05) is 36.0 Å². The van der Waals surface area contributed by atoms with E-state index in [9.17, 15) is 9.18 Å². The molecule has 0 saturated carbocycles. The van der Waals surface area contributed by atoms with E-state index in [4.69, 9.17) is 4.74 Å². The van der Waals surface area contributed by atoms with Gasteiger partial charge in [0.05, 0.1) is 36.4 Å². The van der Waals surface area contributed by atoms with Crippen molar-refractivity contribution in [3.63, 3.8) is 0 Å². The molecule has 5 aromatic rings. The first-order valence-electron chi connectivity index (χ1n) is 12.4. The Morgan fingerprint density at radius 3 is 2.49 bits per heavy atom. The highest BCUT2D eigenvalue weighted by Gasteiger charge is 2.19. The van der Waals surface area contributed by atoms with Crippen LogP contribution in [0.4, 0.5) is 25.1 Å². The van der Waals surface area contributed by atoms with Crippen molar-refractivity contribution in [3.05, 3.63) is 83.9 Å². The smallest absolute Gasteiger partial charge is 0.324 e. The van der Waals surface area contributed by atoms with Gasteiger partial charge in [-0.05, 0) is 54.3 Å². The molecule has 2 aromatic carbocycles. The number of aromatic nitrogens is 4. The van der Waals surface area contributed by atoms with E-state index in [1.165, 1.54) is 31.4 Å². The number of carbonyl (C=O) groups is 1. The lowest BCUT2D eigenvalue weighted by Gasteiger charge is -2.15. The van der Waals surface area contributed by atoms with Crippen LogP contribution in [0.1, 0.15) is 31.0 Å². The number of rotatable bonds is 6. The third-order valence-corrected chi connectivity index (χ3v) is 6.75. The Morgan fingerprint density at radius 1 is 1.00 bits per heavy atom. The summed E-state index contributed by atoms with van der Waals surface area (Å²) < 4.78 is 38.1. The molecule has 0 aliphatic rings. The highest BCUT2D eigenvalue weighted by Crippen LogP contribution is 2.33. The Balaban J connectivity index is 1.42. The molecule has 0 radical (unpaired) electrons. The van der Waals surface area contributed by atoms with Gasteiger partial charge >= 0.3 is 6.03 Å². The SMILES string of the molecule is COc1ccc(-n2c(NC(=O)Nc3ccc(-c4cncc5c4cnn5C)cc3F)cc(C(C)C)c2C)cc1F. The van der Waals surface area contributed by atoms with Crippen LogP contribution < -0.4 is 15.4 Å². The Labute approximate surface area is 224 Å². The van der Waals surface area contributed by atoms with Gasteiger partial charge in [0.1, 0.15) is 11.6 Å². The summed E-state index contributed by atoms with van der Waals surface area (Å²) in [5.74, 6) is -0.431. The maximum atomic E-state index is 15.1. The van der Waals surface area contributed by atoms with Gasteiger partial charge in [0.2, 0.25) is 0 Å². The van der Waals surface area contributed by atoms with E-state index in [2.05, 4.69) is 20.7 Å². The summed E-state index contributed by atoms with van der Waals surface area (Å²) in [5.41, 5.74) is 4.52. The maximum Gasteiger partial charge on any atom is 0.324 e. The molecule has 2 amide bonds. The summed E-state index contributed by atoms with van der Waals surface area (Å²) in [5, 5.41) is 10.5. The van der Waals surface area contributed by atoms with Crippen LogP contribution in [0.25, 0.3) is 27.7 Å². The molecule has 3 aromatic heterocycles. The van der Waals surface area contributed by atoms with Crippen LogP contribution in [-0.4, -0.2) is 32.5 Å².